The molecule has 9 heteroatoms. The van der Waals surface area contributed by atoms with Crippen LogP contribution in [0.25, 0.3) is 0 Å². The first-order chi connectivity index (χ1) is 14.5. The van der Waals surface area contributed by atoms with Crippen molar-refractivity contribution >= 4 is 40.6 Å². The third kappa shape index (κ3) is 5.40. The number of hydrogen-bond acceptors (Lipinski definition) is 5. The number of pyridine rings is 1. The summed E-state index contributed by atoms with van der Waals surface area (Å²) in [5.74, 6) is -0.520. The Morgan fingerprint density at radius 1 is 1.23 bits per heavy atom. The van der Waals surface area contributed by atoms with Crippen LogP contribution in [0.1, 0.15) is 17.5 Å². The Kier molecular flexibility index (Phi) is 6.73. The minimum atomic E-state index is -1.04. The summed E-state index contributed by atoms with van der Waals surface area (Å²) >= 11 is 13.0. The first-order valence-corrected chi connectivity index (χ1v) is 10.7. The highest BCUT2D eigenvalue weighted by Gasteiger charge is 2.43. The summed E-state index contributed by atoms with van der Waals surface area (Å²) in [6, 6.07) is 7.36. The van der Waals surface area contributed by atoms with Gasteiger partial charge in [0.05, 0.1) is 19.1 Å². The Balaban J connectivity index is 1.37. The Labute approximate surface area is 184 Å². The summed E-state index contributed by atoms with van der Waals surface area (Å²) in [4.78, 5) is 18.3. The van der Waals surface area contributed by atoms with E-state index in [9.17, 15) is 9.18 Å². The predicted octanol–water partition coefficient (Wildman–Crippen LogP) is 4.13. The fourth-order valence-corrected chi connectivity index (χ4v) is 4.05. The van der Waals surface area contributed by atoms with Crippen LogP contribution in [0.5, 0.6) is 0 Å². The zero-order valence-electron chi connectivity index (χ0n) is 16.3. The van der Waals surface area contributed by atoms with Crippen LogP contribution in [0.4, 0.5) is 15.9 Å². The van der Waals surface area contributed by atoms with E-state index < -0.39 is 12.1 Å². The first-order valence-electron chi connectivity index (χ1n) is 9.91. The first kappa shape index (κ1) is 21.3. The van der Waals surface area contributed by atoms with Gasteiger partial charge in [0.15, 0.2) is 0 Å². The number of halogens is 3. The van der Waals surface area contributed by atoms with Crippen LogP contribution in [-0.2, 0) is 22.6 Å². The maximum atomic E-state index is 13.0. The predicted molar refractivity (Wildman–Crippen MR) is 116 cm³/mol. The highest BCUT2D eigenvalue weighted by atomic mass is 35.5. The summed E-state index contributed by atoms with van der Waals surface area (Å²) in [6.07, 6.45) is 0.816. The van der Waals surface area contributed by atoms with Gasteiger partial charge < -0.3 is 15.4 Å². The van der Waals surface area contributed by atoms with Gasteiger partial charge in [-0.2, -0.15) is 0 Å². The van der Waals surface area contributed by atoms with E-state index in [0.29, 0.717) is 22.4 Å². The summed E-state index contributed by atoms with van der Waals surface area (Å²) in [5, 5.41) is 7.10. The maximum Gasteiger partial charge on any atom is 0.231 e. The van der Waals surface area contributed by atoms with Crippen molar-refractivity contribution in [2.45, 2.75) is 25.7 Å². The largest absolute Gasteiger partial charge is 0.381 e. The Bertz CT molecular complexity index is 901. The van der Waals surface area contributed by atoms with Gasteiger partial charge in [0.2, 0.25) is 5.91 Å². The molecule has 1 saturated heterocycles. The van der Waals surface area contributed by atoms with Crippen LogP contribution in [0.3, 0.4) is 0 Å². The number of carbonyl (C=O) groups excluding carboxylic acids is 1. The molecule has 2 heterocycles. The van der Waals surface area contributed by atoms with Crippen molar-refractivity contribution in [2.24, 2.45) is 5.92 Å². The third-order valence-corrected chi connectivity index (χ3v) is 5.92. The lowest BCUT2D eigenvalue weighted by molar-refractivity contribution is -0.117. The zero-order valence-corrected chi connectivity index (χ0v) is 17.8. The second-order valence-corrected chi connectivity index (χ2v) is 8.37. The van der Waals surface area contributed by atoms with Crippen LogP contribution in [-0.4, -0.2) is 48.3 Å². The molecular weight excluding hydrogens is 430 g/mol. The van der Waals surface area contributed by atoms with Gasteiger partial charge in [-0.1, -0.05) is 23.2 Å². The van der Waals surface area contributed by atoms with Crippen LogP contribution in [0, 0.1) is 5.92 Å². The Hall–Kier alpha value is -1.93. The van der Waals surface area contributed by atoms with Crippen LogP contribution in [0.2, 0.25) is 10.0 Å². The molecule has 2 N–H and O–H groups in total. The van der Waals surface area contributed by atoms with Crippen LogP contribution in [0.15, 0.2) is 30.5 Å². The molecule has 1 aromatic heterocycles. The smallest absolute Gasteiger partial charge is 0.231 e. The van der Waals surface area contributed by atoms with Crippen molar-refractivity contribution in [3.63, 3.8) is 0 Å². The number of amides is 1. The monoisotopic (exact) mass is 452 g/mol. The molecule has 2 aliphatic rings. The summed E-state index contributed by atoms with van der Waals surface area (Å²) in [6.45, 7) is 4.48. The van der Waals surface area contributed by atoms with Gasteiger partial charge in [-0.25, -0.2) is 9.37 Å². The van der Waals surface area contributed by atoms with E-state index in [1.165, 1.54) is 0 Å². The van der Waals surface area contributed by atoms with E-state index in [-0.39, 0.29) is 12.3 Å². The number of nitrogens with one attached hydrogen (secondary N) is 2. The quantitative estimate of drug-likeness (QED) is 0.660. The van der Waals surface area contributed by atoms with E-state index in [1.54, 1.807) is 18.3 Å². The number of morpholine rings is 1. The number of alkyl halides is 1. The minimum absolute atomic E-state index is 0.280. The molecule has 1 aliphatic heterocycles. The summed E-state index contributed by atoms with van der Waals surface area (Å²) in [5.41, 5.74) is 2.61. The maximum absolute atomic E-state index is 13.0. The van der Waals surface area contributed by atoms with Crippen molar-refractivity contribution in [2.75, 3.05) is 36.9 Å². The van der Waals surface area contributed by atoms with Gasteiger partial charge in [-0.05, 0) is 30.2 Å². The molecule has 6 nitrogen and oxygen atoms in total. The van der Waals surface area contributed by atoms with Crippen molar-refractivity contribution in [3.8, 4) is 0 Å². The van der Waals surface area contributed by atoms with E-state index in [1.807, 2.05) is 12.1 Å². The number of benzene rings is 1. The minimum Gasteiger partial charge on any atom is -0.381 e. The lowest BCUT2D eigenvalue weighted by Gasteiger charge is -2.26. The molecule has 1 amide bonds. The van der Waals surface area contributed by atoms with E-state index in [0.717, 1.165) is 49.7 Å². The molecule has 2 aromatic rings. The number of anilines is 2. The number of aromatic nitrogens is 1. The second-order valence-electron chi connectivity index (χ2n) is 7.56. The SMILES string of the molecule is O=C(Nc1cc(NCc2c(Cl)cc(CN3CCOCC3)cc2Cl)ccn1)C1CC1F. The van der Waals surface area contributed by atoms with Gasteiger partial charge in [0.25, 0.3) is 0 Å². The van der Waals surface area contributed by atoms with Crippen molar-refractivity contribution in [1.82, 2.24) is 9.88 Å². The van der Waals surface area contributed by atoms with Crippen molar-refractivity contribution < 1.29 is 13.9 Å². The molecule has 0 radical (unpaired) electrons. The molecule has 1 saturated carbocycles. The molecule has 1 aromatic carbocycles. The molecule has 160 valence electrons. The van der Waals surface area contributed by atoms with Gasteiger partial charge in [0, 0.05) is 59.7 Å². The van der Waals surface area contributed by atoms with Gasteiger partial charge in [-0.3, -0.25) is 9.69 Å². The lowest BCUT2D eigenvalue weighted by atomic mass is 10.1. The molecular formula is C21H23Cl2FN4O2. The van der Waals surface area contributed by atoms with Crippen LogP contribution >= 0.6 is 23.2 Å². The Morgan fingerprint density at radius 2 is 1.93 bits per heavy atom. The average molecular weight is 453 g/mol. The number of carbonyl (C=O) groups is 1. The van der Waals surface area contributed by atoms with Gasteiger partial charge in [0.1, 0.15) is 12.0 Å². The van der Waals surface area contributed by atoms with E-state index in [2.05, 4.69) is 20.5 Å². The van der Waals surface area contributed by atoms with E-state index >= 15 is 0 Å². The topological polar surface area (TPSA) is 66.5 Å². The Morgan fingerprint density at radius 3 is 2.60 bits per heavy atom. The van der Waals surface area contributed by atoms with Crippen molar-refractivity contribution in [3.05, 3.63) is 51.6 Å². The molecule has 2 unspecified atom stereocenters. The fraction of sp³-hybridized carbons (Fsp3) is 0.429. The molecule has 0 spiro atoms. The average Bonchev–Trinajstić information content (AvgIpc) is 3.45. The summed E-state index contributed by atoms with van der Waals surface area (Å²) in [7, 11) is 0. The molecule has 30 heavy (non-hydrogen) atoms. The number of ether oxygens (including phenoxy) is 1. The lowest BCUT2D eigenvalue weighted by Crippen LogP contribution is -2.35. The molecule has 2 atom stereocenters. The highest BCUT2D eigenvalue weighted by molar-refractivity contribution is 6.36. The second kappa shape index (κ2) is 9.47. The molecule has 0 bridgehead atoms. The molecule has 1 aliphatic carbocycles. The van der Waals surface area contributed by atoms with E-state index in [4.69, 9.17) is 27.9 Å². The molecule has 4 rings (SSSR count). The van der Waals surface area contributed by atoms with Crippen molar-refractivity contribution in [1.29, 1.82) is 0 Å². The fourth-order valence-electron chi connectivity index (χ4n) is 3.39. The molecule has 2 fully saturated rings. The van der Waals surface area contributed by atoms with Gasteiger partial charge in [-0.15, -0.1) is 0 Å². The number of rotatable bonds is 7. The zero-order chi connectivity index (χ0) is 21.1. The summed E-state index contributed by atoms with van der Waals surface area (Å²) < 4.78 is 18.4. The van der Waals surface area contributed by atoms with Crippen LogP contribution < -0.4 is 10.6 Å². The standard InChI is InChI=1S/C21H23Cl2FN4O2/c22-17-7-13(12-28-3-5-30-6-4-28)8-18(23)16(17)11-26-14-1-2-25-20(9-14)27-21(29)15-10-19(15)24/h1-2,7-9,15,19H,3-6,10-12H2,(H2,25,26,27,29). The number of nitrogens with zero attached hydrogens (tertiary/aromatic N) is 2. The van der Waals surface area contributed by atoms with Gasteiger partial charge >= 0.3 is 0 Å². The number of hydrogen-bond donors (Lipinski definition) is 2. The normalized spacial score (nSPS) is 21.3. The third-order valence-electron chi connectivity index (χ3n) is 5.24. The highest BCUT2D eigenvalue weighted by Crippen LogP contribution is 2.34.